The van der Waals surface area contributed by atoms with Gasteiger partial charge in [0.1, 0.15) is 6.16 Å². The van der Waals surface area contributed by atoms with Crippen molar-refractivity contribution in [1.82, 2.24) is 0 Å². The second-order valence-corrected chi connectivity index (χ2v) is 5.23. The highest BCUT2D eigenvalue weighted by Gasteiger charge is 2.28. The van der Waals surface area contributed by atoms with Crippen molar-refractivity contribution < 1.29 is 23.1 Å². The Morgan fingerprint density at radius 1 is 1.12 bits per heavy atom. The lowest BCUT2D eigenvalue weighted by atomic mass is 10.4. The van der Waals surface area contributed by atoms with Crippen molar-refractivity contribution in [3.8, 4) is 0 Å². The first-order valence-corrected chi connectivity index (χ1v) is 7.34. The van der Waals surface area contributed by atoms with Crippen LogP contribution in [0.4, 0.5) is 0 Å². The smallest absolute Gasteiger partial charge is 0.341 e. The number of ether oxygens (including phenoxy) is 1. The molecule has 0 saturated carbocycles. The fourth-order valence-corrected chi connectivity index (χ4v) is 2.50. The fraction of sp³-hybridized carbons (Fsp3) is 0.900. The fourth-order valence-electron chi connectivity index (χ4n) is 1.04. The molecule has 6 heteroatoms. The molecule has 0 rings (SSSR count). The van der Waals surface area contributed by atoms with Crippen LogP contribution >= 0.6 is 7.60 Å². The van der Waals surface area contributed by atoms with Gasteiger partial charge in [-0.3, -0.25) is 9.36 Å². The SMILES string of the molecule is CCCCOP(=O)(CC(=O)OCC)OCC. The zero-order valence-corrected chi connectivity index (χ0v) is 11.1. The molecule has 0 spiro atoms. The van der Waals surface area contributed by atoms with Crippen LogP contribution in [-0.2, 0) is 23.1 Å². The highest BCUT2D eigenvalue weighted by atomic mass is 31.2. The first-order valence-electron chi connectivity index (χ1n) is 5.61. The molecule has 1 unspecified atom stereocenters. The summed E-state index contributed by atoms with van der Waals surface area (Å²) in [6.45, 7) is 6.26. The van der Waals surface area contributed by atoms with Crippen LogP contribution in [0, 0.1) is 0 Å². The number of unbranched alkanes of at least 4 members (excludes halogenated alkanes) is 1. The van der Waals surface area contributed by atoms with E-state index in [9.17, 15) is 9.36 Å². The topological polar surface area (TPSA) is 61.8 Å². The van der Waals surface area contributed by atoms with Gasteiger partial charge in [0.25, 0.3) is 0 Å². The molecule has 0 aliphatic carbocycles. The van der Waals surface area contributed by atoms with E-state index >= 15 is 0 Å². The maximum Gasteiger partial charge on any atom is 0.341 e. The lowest BCUT2D eigenvalue weighted by Gasteiger charge is -2.16. The van der Waals surface area contributed by atoms with Gasteiger partial charge >= 0.3 is 13.6 Å². The van der Waals surface area contributed by atoms with Gasteiger partial charge in [0.2, 0.25) is 0 Å². The summed E-state index contributed by atoms with van der Waals surface area (Å²) in [7, 11) is -3.31. The molecule has 0 N–H and O–H groups in total. The second kappa shape index (κ2) is 8.74. The van der Waals surface area contributed by atoms with Crippen molar-refractivity contribution in [3.05, 3.63) is 0 Å². The Morgan fingerprint density at radius 3 is 2.31 bits per heavy atom. The van der Waals surface area contributed by atoms with Crippen LogP contribution in [0.15, 0.2) is 0 Å². The number of hydrogen-bond donors (Lipinski definition) is 0. The van der Waals surface area contributed by atoms with E-state index in [1.165, 1.54) is 0 Å². The van der Waals surface area contributed by atoms with Crippen LogP contribution in [0.5, 0.6) is 0 Å². The Bertz CT molecular complexity index is 241. The highest BCUT2D eigenvalue weighted by molar-refractivity contribution is 7.54. The zero-order valence-electron chi connectivity index (χ0n) is 10.2. The molecule has 0 aromatic carbocycles. The maximum absolute atomic E-state index is 12.0. The van der Waals surface area contributed by atoms with E-state index < -0.39 is 13.6 Å². The van der Waals surface area contributed by atoms with E-state index in [4.69, 9.17) is 13.8 Å². The van der Waals surface area contributed by atoms with Gasteiger partial charge in [-0.15, -0.1) is 0 Å². The molecule has 1 atom stereocenters. The Morgan fingerprint density at radius 2 is 1.81 bits per heavy atom. The summed E-state index contributed by atoms with van der Waals surface area (Å²) in [5.41, 5.74) is 0. The summed E-state index contributed by atoms with van der Waals surface area (Å²) in [6, 6.07) is 0. The van der Waals surface area contributed by atoms with Crippen LogP contribution in [0.3, 0.4) is 0 Å². The van der Waals surface area contributed by atoms with Crippen molar-refractivity contribution in [2.75, 3.05) is 26.0 Å². The van der Waals surface area contributed by atoms with E-state index in [0.717, 1.165) is 12.8 Å². The molecule has 96 valence electrons. The molecular weight excluding hydrogens is 231 g/mol. The molecule has 0 aromatic heterocycles. The summed E-state index contributed by atoms with van der Waals surface area (Å²) >= 11 is 0. The molecule has 5 nitrogen and oxygen atoms in total. The van der Waals surface area contributed by atoms with Crippen LogP contribution in [0.1, 0.15) is 33.6 Å². The molecular formula is C10H21O5P. The molecule has 0 fully saturated rings. The van der Waals surface area contributed by atoms with E-state index in [0.29, 0.717) is 6.61 Å². The third-order valence-electron chi connectivity index (χ3n) is 1.74. The third kappa shape index (κ3) is 6.99. The van der Waals surface area contributed by atoms with Crippen LogP contribution in [-0.4, -0.2) is 32.0 Å². The minimum absolute atomic E-state index is 0.253. The standard InChI is InChI=1S/C10H21O5P/c1-4-7-8-15-16(12,14-6-3)9-10(11)13-5-2/h4-9H2,1-3H3. The largest absolute Gasteiger partial charge is 0.466 e. The Kier molecular flexibility index (Phi) is 8.53. The summed E-state index contributed by atoms with van der Waals surface area (Å²) in [6.07, 6.45) is 1.42. The van der Waals surface area contributed by atoms with Crippen molar-refractivity contribution >= 4 is 13.6 Å². The van der Waals surface area contributed by atoms with Gasteiger partial charge in [-0.2, -0.15) is 0 Å². The maximum atomic E-state index is 12.0. The Labute approximate surface area is 97.0 Å². The van der Waals surface area contributed by atoms with Gasteiger partial charge in [0.15, 0.2) is 0 Å². The molecule has 0 aliphatic rings. The second-order valence-electron chi connectivity index (χ2n) is 3.18. The van der Waals surface area contributed by atoms with E-state index in [2.05, 4.69) is 0 Å². The first-order chi connectivity index (χ1) is 7.58. The molecule has 0 radical (unpaired) electrons. The molecule has 0 saturated heterocycles. The number of esters is 1. The van der Waals surface area contributed by atoms with Gasteiger partial charge in [0.05, 0.1) is 19.8 Å². The van der Waals surface area contributed by atoms with Crippen molar-refractivity contribution in [3.63, 3.8) is 0 Å². The third-order valence-corrected chi connectivity index (χ3v) is 3.61. The predicted octanol–water partition coefficient (Wildman–Crippen LogP) is 2.60. The summed E-state index contributed by atoms with van der Waals surface area (Å²) in [5, 5.41) is 0. The molecule has 0 heterocycles. The summed E-state index contributed by atoms with van der Waals surface area (Å²) in [5.74, 6) is -0.546. The molecule has 0 bridgehead atoms. The summed E-state index contributed by atoms with van der Waals surface area (Å²) < 4.78 is 26.9. The Hall–Kier alpha value is -0.380. The molecule has 0 aromatic rings. The van der Waals surface area contributed by atoms with Crippen LogP contribution in [0.2, 0.25) is 0 Å². The summed E-state index contributed by atoms with van der Waals surface area (Å²) in [4.78, 5) is 11.2. The van der Waals surface area contributed by atoms with E-state index in [-0.39, 0.29) is 19.4 Å². The average molecular weight is 252 g/mol. The van der Waals surface area contributed by atoms with Gasteiger partial charge < -0.3 is 13.8 Å². The molecule has 0 amide bonds. The number of carbonyl (C=O) groups excluding carboxylic acids is 1. The van der Waals surface area contributed by atoms with Gasteiger partial charge in [0, 0.05) is 0 Å². The monoisotopic (exact) mass is 252 g/mol. The van der Waals surface area contributed by atoms with Gasteiger partial charge in [-0.25, -0.2) is 0 Å². The van der Waals surface area contributed by atoms with Crippen molar-refractivity contribution in [2.24, 2.45) is 0 Å². The van der Waals surface area contributed by atoms with E-state index in [1.54, 1.807) is 13.8 Å². The lowest BCUT2D eigenvalue weighted by Crippen LogP contribution is -2.13. The zero-order chi connectivity index (χ0) is 12.4. The first kappa shape index (κ1) is 15.6. The lowest BCUT2D eigenvalue weighted by molar-refractivity contribution is -0.140. The molecule has 0 aliphatic heterocycles. The predicted molar refractivity (Wildman–Crippen MR) is 61.6 cm³/mol. The quantitative estimate of drug-likeness (QED) is 0.358. The number of carbonyl (C=O) groups is 1. The van der Waals surface area contributed by atoms with Gasteiger partial charge in [-0.1, -0.05) is 13.3 Å². The number of rotatable bonds is 9. The average Bonchev–Trinajstić information content (AvgIpc) is 2.18. The van der Waals surface area contributed by atoms with Crippen LogP contribution in [0.25, 0.3) is 0 Å². The minimum atomic E-state index is -3.31. The number of hydrogen-bond acceptors (Lipinski definition) is 5. The normalized spacial score (nSPS) is 14.4. The van der Waals surface area contributed by atoms with E-state index in [1.807, 2.05) is 6.92 Å². The van der Waals surface area contributed by atoms with Crippen molar-refractivity contribution in [2.45, 2.75) is 33.6 Å². The minimum Gasteiger partial charge on any atom is -0.466 e. The van der Waals surface area contributed by atoms with Crippen molar-refractivity contribution in [1.29, 1.82) is 0 Å². The molecule has 16 heavy (non-hydrogen) atoms. The van der Waals surface area contributed by atoms with Crippen LogP contribution < -0.4 is 0 Å². The Balaban J connectivity index is 4.20. The highest BCUT2D eigenvalue weighted by Crippen LogP contribution is 2.48. The van der Waals surface area contributed by atoms with Gasteiger partial charge in [-0.05, 0) is 20.3 Å².